The van der Waals surface area contributed by atoms with Crippen molar-refractivity contribution in [1.82, 2.24) is 0 Å². The third-order valence-electron chi connectivity index (χ3n) is 3.14. The van der Waals surface area contributed by atoms with Gasteiger partial charge in [0.25, 0.3) is 0 Å². The number of hydrogen-bond acceptors (Lipinski definition) is 1. The van der Waals surface area contributed by atoms with Crippen molar-refractivity contribution in [1.29, 1.82) is 0 Å². The van der Waals surface area contributed by atoms with E-state index in [1.54, 1.807) is 0 Å². The summed E-state index contributed by atoms with van der Waals surface area (Å²) in [6, 6.07) is 0. The van der Waals surface area contributed by atoms with Gasteiger partial charge >= 0.3 is 0 Å². The molecular weight excluding hydrogens is 208 g/mol. The molecule has 0 saturated carbocycles. The second-order valence-corrected chi connectivity index (χ2v) is 7.17. The molecule has 0 aromatic rings. The molecular formula is C16H32O. The van der Waals surface area contributed by atoms with Crippen LogP contribution in [0.2, 0.25) is 0 Å². The molecule has 0 radical (unpaired) electrons. The van der Waals surface area contributed by atoms with E-state index >= 15 is 0 Å². The molecule has 0 aliphatic carbocycles. The number of ether oxygens (including phenoxy) is 1. The van der Waals surface area contributed by atoms with Crippen LogP contribution in [0.3, 0.4) is 0 Å². The highest BCUT2D eigenvalue weighted by molar-refractivity contribution is 5.03. The zero-order valence-electron chi connectivity index (χ0n) is 13.2. The van der Waals surface area contributed by atoms with Crippen molar-refractivity contribution in [3.63, 3.8) is 0 Å². The third-order valence-corrected chi connectivity index (χ3v) is 3.14. The lowest BCUT2D eigenvalue weighted by Crippen LogP contribution is -2.30. The number of allylic oxidation sites excluding steroid dienone is 1. The van der Waals surface area contributed by atoms with Crippen LogP contribution in [0.5, 0.6) is 0 Å². The predicted octanol–water partition coefficient (Wildman–Crippen LogP) is 5.21. The summed E-state index contributed by atoms with van der Waals surface area (Å²) in [6.07, 6.45) is 6.96. The van der Waals surface area contributed by atoms with Crippen molar-refractivity contribution in [3.05, 3.63) is 12.2 Å². The second-order valence-electron chi connectivity index (χ2n) is 7.17. The van der Waals surface area contributed by atoms with E-state index in [1.165, 1.54) is 0 Å². The number of rotatable bonds is 5. The molecule has 0 atom stereocenters. The van der Waals surface area contributed by atoms with Crippen molar-refractivity contribution >= 4 is 0 Å². The average molecular weight is 240 g/mol. The maximum Gasteiger partial charge on any atom is 0.0598 e. The zero-order valence-corrected chi connectivity index (χ0v) is 13.2. The van der Waals surface area contributed by atoms with Gasteiger partial charge in [-0.3, -0.25) is 0 Å². The van der Waals surface area contributed by atoms with E-state index < -0.39 is 0 Å². The van der Waals surface area contributed by atoms with Gasteiger partial charge in [-0.2, -0.15) is 0 Å². The molecule has 0 N–H and O–H groups in total. The van der Waals surface area contributed by atoms with Crippen molar-refractivity contribution in [2.75, 3.05) is 6.61 Å². The summed E-state index contributed by atoms with van der Waals surface area (Å²) in [4.78, 5) is 0. The van der Waals surface area contributed by atoms with E-state index in [4.69, 9.17) is 4.74 Å². The molecule has 0 heterocycles. The van der Waals surface area contributed by atoms with Gasteiger partial charge in [0.05, 0.1) is 12.2 Å². The first-order valence-electron chi connectivity index (χ1n) is 6.88. The van der Waals surface area contributed by atoms with Crippen molar-refractivity contribution in [3.8, 4) is 0 Å². The van der Waals surface area contributed by atoms with Gasteiger partial charge in [-0.15, -0.1) is 0 Å². The highest BCUT2D eigenvalue weighted by atomic mass is 16.5. The smallest absolute Gasteiger partial charge is 0.0598 e. The molecule has 0 rings (SSSR count). The monoisotopic (exact) mass is 240 g/mol. The lowest BCUT2D eigenvalue weighted by Gasteiger charge is -2.33. The van der Waals surface area contributed by atoms with E-state index in [-0.39, 0.29) is 16.4 Å². The van der Waals surface area contributed by atoms with Crippen molar-refractivity contribution < 1.29 is 4.74 Å². The minimum atomic E-state index is -0.0504. The van der Waals surface area contributed by atoms with Gasteiger partial charge in [0, 0.05) is 5.41 Å². The normalized spacial score (nSPS) is 14.6. The highest BCUT2D eigenvalue weighted by Crippen LogP contribution is 2.32. The van der Waals surface area contributed by atoms with Gasteiger partial charge in [0.2, 0.25) is 0 Å². The Morgan fingerprint density at radius 1 is 0.824 bits per heavy atom. The largest absolute Gasteiger partial charge is 0.375 e. The first-order chi connectivity index (χ1) is 7.54. The maximum absolute atomic E-state index is 5.99. The molecule has 0 aliphatic rings. The van der Waals surface area contributed by atoms with Gasteiger partial charge < -0.3 is 4.74 Å². The van der Waals surface area contributed by atoms with Crippen LogP contribution in [0.1, 0.15) is 68.2 Å². The average Bonchev–Trinajstić information content (AvgIpc) is 2.16. The van der Waals surface area contributed by atoms with E-state index in [1.807, 2.05) is 0 Å². The molecule has 0 spiro atoms. The maximum atomic E-state index is 5.99. The minimum absolute atomic E-state index is 0.0504. The summed E-state index contributed by atoms with van der Waals surface area (Å²) in [5.41, 5.74) is 0.392. The molecule has 0 saturated heterocycles. The molecule has 1 nitrogen and oxygen atoms in total. The van der Waals surface area contributed by atoms with E-state index in [0.29, 0.717) is 0 Å². The molecule has 0 aromatic carbocycles. The molecule has 0 bridgehead atoms. The Hall–Kier alpha value is -0.300. The molecule has 0 unspecified atom stereocenters. The Morgan fingerprint density at radius 2 is 1.29 bits per heavy atom. The summed E-state index contributed by atoms with van der Waals surface area (Å²) < 4.78 is 5.99. The number of hydrogen-bond donors (Lipinski definition) is 0. The third kappa shape index (κ3) is 7.59. The van der Waals surface area contributed by atoms with Crippen LogP contribution in [0.25, 0.3) is 0 Å². The van der Waals surface area contributed by atoms with Gasteiger partial charge in [-0.25, -0.2) is 0 Å². The van der Waals surface area contributed by atoms with E-state index in [0.717, 1.165) is 19.4 Å². The topological polar surface area (TPSA) is 9.23 Å². The first kappa shape index (κ1) is 16.7. The minimum Gasteiger partial charge on any atom is -0.375 e. The van der Waals surface area contributed by atoms with Gasteiger partial charge in [-0.05, 0) is 39.0 Å². The van der Waals surface area contributed by atoms with E-state index in [2.05, 4.69) is 67.5 Å². The molecule has 17 heavy (non-hydrogen) atoms. The van der Waals surface area contributed by atoms with Crippen molar-refractivity contribution in [2.45, 2.75) is 73.8 Å². The van der Waals surface area contributed by atoms with Crippen LogP contribution < -0.4 is 0 Å². The molecule has 102 valence electrons. The SMILES string of the molecule is CCC(/C=C/C(C)(C)C)(CC)COC(C)(C)C. The fraction of sp³-hybridized carbons (Fsp3) is 0.875. The van der Waals surface area contributed by atoms with E-state index in [9.17, 15) is 0 Å². The lowest BCUT2D eigenvalue weighted by molar-refractivity contribution is -0.0416. The molecule has 0 fully saturated rings. The Kier molecular flexibility index (Phi) is 5.93. The Balaban J connectivity index is 4.74. The molecule has 0 aliphatic heterocycles. The summed E-state index contributed by atoms with van der Waals surface area (Å²) in [7, 11) is 0. The highest BCUT2D eigenvalue weighted by Gasteiger charge is 2.26. The van der Waals surface area contributed by atoms with Crippen molar-refractivity contribution in [2.24, 2.45) is 10.8 Å². The fourth-order valence-electron chi connectivity index (χ4n) is 1.52. The zero-order chi connectivity index (χ0) is 13.7. The first-order valence-corrected chi connectivity index (χ1v) is 6.88. The Labute approximate surface area is 109 Å². The lowest BCUT2D eigenvalue weighted by atomic mass is 9.80. The Bertz CT molecular complexity index is 233. The van der Waals surface area contributed by atoms with Crippen LogP contribution in [0.15, 0.2) is 12.2 Å². The second kappa shape index (κ2) is 6.04. The molecule has 0 aromatic heterocycles. The van der Waals surface area contributed by atoms with Crippen LogP contribution in [-0.4, -0.2) is 12.2 Å². The van der Waals surface area contributed by atoms with Crippen LogP contribution >= 0.6 is 0 Å². The summed E-state index contributed by atoms with van der Waals surface area (Å²) >= 11 is 0. The summed E-state index contributed by atoms with van der Waals surface area (Å²) in [5, 5.41) is 0. The van der Waals surface area contributed by atoms with Crippen LogP contribution in [0.4, 0.5) is 0 Å². The Morgan fingerprint density at radius 3 is 1.59 bits per heavy atom. The predicted molar refractivity (Wildman–Crippen MR) is 77.3 cm³/mol. The standard InChI is InChI=1S/C16H32O/c1-9-16(10-2,12-11-14(3,4)5)13-17-15(6,7)8/h11-12H,9-10,13H2,1-8H3/b12-11+. The quantitative estimate of drug-likeness (QED) is 0.599. The van der Waals surface area contributed by atoms with Gasteiger partial charge in [0.15, 0.2) is 0 Å². The summed E-state index contributed by atoms with van der Waals surface area (Å²) in [5.74, 6) is 0. The fourth-order valence-corrected chi connectivity index (χ4v) is 1.52. The molecule has 0 amide bonds. The van der Waals surface area contributed by atoms with Gasteiger partial charge in [-0.1, -0.05) is 46.8 Å². The van der Waals surface area contributed by atoms with Crippen LogP contribution in [0, 0.1) is 10.8 Å². The van der Waals surface area contributed by atoms with Crippen LogP contribution in [-0.2, 0) is 4.74 Å². The van der Waals surface area contributed by atoms with Gasteiger partial charge in [0.1, 0.15) is 0 Å². The molecule has 1 heteroatoms. The summed E-state index contributed by atoms with van der Waals surface area (Å²) in [6.45, 7) is 18.4.